The van der Waals surface area contributed by atoms with Crippen LogP contribution < -0.4 is 5.32 Å². The fraction of sp³-hybridized carbons (Fsp3) is 0.611. The summed E-state index contributed by atoms with van der Waals surface area (Å²) in [4.78, 5) is 11.2. The lowest BCUT2D eigenvalue weighted by atomic mass is 9.98. The molecule has 11 heteroatoms. The highest BCUT2D eigenvalue weighted by Crippen LogP contribution is 2.25. The summed E-state index contributed by atoms with van der Waals surface area (Å²) in [5, 5.41) is 2.77. The van der Waals surface area contributed by atoms with Crippen LogP contribution in [0.2, 0.25) is 0 Å². The molecule has 2 heterocycles. The van der Waals surface area contributed by atoms with E-state index in [2.05, 4.69) is 5.32 Å². The van der Waals surface area contributed by atoms with Crippen molar-refractivity contribution in [2.24, 2.45) is 5.92 Å². The largest absolute Gasteiger partial charge is 0.379 e. The van der Waals surface area contributed by atoms with Crippen molar-refractivity contribution < 1.29 is 26.4 Å². The molecular formula is C18H27N3O6S2. The van der Waals surface area contributed by atoms with Crippen molar-refractivity contribution in [2.45, 2.75) is 29.6 Å². The highest BCUT2D eigenvalue weighted by molar-refractivity contribution is 7.89. The van der Waals surface area contributed by atoms with Gasteiger partial charge in [-0.25, -0.2) is 16.8 Å². The van der Waals surface area contributed by atoms with E-state index < -0.39 is 20.0 Å². The van der Waals surface area contributed by atoms with Gasteiger partial charge in [0, 0.05) is 39.6 Å². The summed E-state index contributed by atoms with van der Waals surface area (Å²) >= 11 is 0. The predicted octanol–water partition coefficient (Wildman–Crippen LogP) is 0.244. The van der Waals surface area contributed by atoms with E-state index in [9.17, 15) is 21.6 Å². The molecule has 0 spiro atoms. The van der Waals surface area contributed by atoms with Crippen LogP contribution >= 0.6 is 0 Å². The molecule has 1 N–H and O–H groups in total. The summed E-state index contributed by atoms with van der Waals surface area (Å²) in [6, 6.07) is 5.40. The van der Waals surface area contributed by atoms with Crippen LogP contribution in [-0.2, 0) is 29.6 Å². The van der Waals surface area contributed by atoms with Gasteiger partial charge < -0.3 is 10.1 Å². The van der Waals surface area contributed by atoms with E-state index in [0.717, 1.165) is 0 Å². The molecule has 1 amide bonds. The van der Waals surface area contributed by atoms with E-state index in [1.807, 2.05) is 0 Å². The Kier molecular flexibility index (Phi) is 6.94. The van der Waals surface area contributed by atoms with Gasteiger partial charge in [0.2, 0.25) is 26.0 Å². The van der Waals surface area contributed by atoms with E-state index >= 15 is 0 Å². The summed E-state index contributed by atoms with van der Waals surface area (Å²) in [7, 11) is -7.35. The van der Waals surface area contributed by atoms with E-state index in [4.69, 9.17) is 4.74 Å². The Morgan fingerprint density at radius 1 is 0.931 bits per heavy atom. The second kappa shape index (κ2) is 9.09. The molecule has 162 valence electrons. The minimum absolute atomic E-state index is 0.0763. The normalized spacial score (nSPS) is 20.4. The number of hydrogen-bond donors (Lipinski definition) is 1. The maximum absolute atomic E-state index is 12.9. The van der Waals surface area contributed by atoms with Crippen molar-refractivity contribution in [2.75, 3.05) is 45.9 Å². The van der Waals surface area contributed by atoms with Crippen molar-refractivity contribution in [1.82, 2.24) is 13.9 Å². The van der Waals surface area contributed by atoms with Gasteiger partial charge in [0.1, 0.15) is 0 Å². The van der Waals surface area contributed by atoms with Gasteiger partial charge >= 0.3 is 0 Å². The number of benzene rings is 1. The zero-order chi connectivity index (χ0) is 21.1. The zero-order valence-corrected chi connectivity index (χ0v) is 18.0. The molecule has 2 aliphatic heterocycles. The van der Waals surface area contributed by atoms with Crippen LogP contribution in [-0.4, -0.2) is 77.3 Å². The molecule has 0 unspecified atom stereocenters. The number of morpholine rings is 1. The second-order valence-corrected chi connectivity index (χ2v) is 11.1. The van der Waals surface area contributed by atoms with E-state index in [0.29, 0.717) is 45.7 Å². The fourth-order valence-corrected chi connectivity index (χ4v) is 6.39. The standard InChI is InChI=1S/C18H27N3O6S2/c1-15(22)19-14-16-6-8-20(9-7-16)28(23,24)17-2-4-18(5-3-17)29(25,26)21-10-12-27-13-11-21/h2-5,16H,6-14H2,1H3,(H,19,22). The first-order valence-corrected chi connectivity index (χ1v) is 12.5. The van der Waals surface area contributed by atoms with Gasteiger partial charge in [-0.3, -0.25) is 4.79 Å². The average molecular weight is 446 g/mol. The lowest BCUT2D eigenvalue weighted by Crippen LogP contribution is -2.41. The molecule has 0 saturated carbocycles. The summed E-state index contributed by atoms with van der Waals surface area (Å²) in [6.07, 6.45) is 1.34. The minimum atomic E-state index is -3.69. The highest BCUT2D eigenvalue weighted by Gasteiger charge is 2.31. The lowest BCUT2D eigenvalue weighted by molar-refractivity contribution is -0.119. The molecule has 0 atom stereocenters. The zero-order valence-electron chi connectivity index (χ0n) is 16.4. The number of rotatable bonds is 6. The van der Waals surface area contributed by atoms with Gasteiger partial charge in [-0.2, -0.15) is 8.61 Å². The van der Waals surface area contributed by atoms with Crippen LogP contribution in [0.1, 0.15) is 19.8 Å². The minimum Gasteiger partial charge on any atom is -0.379 e. The maximum Gasteiger partial charge on any atom is 0.243 e. The number of hydrogen-bond acceptors (Lipinski definition) is 6. The predicted molar refractivity (Wildman–Crippen MR) is 106 cm³/mol. The summed E-state index contributed by atoms with van der Waals surface area (Å²) in [6.45, 7) is 4.04. The van der Waals surface area contributed by atoms with Gasteiger partial charge in [-0.1, -0.05) is 0 Å². The molecule has 3 rings (SSSR count). The number of carbonyl (C=O) groups excluding carboxylic acids is 1. The quantitative estimate of drug-likeness (QED) is 0.671. The number of ether oxygens (including phenoxy) is 1. The van der Waals surface area contributed by atoms with Crippen LogP contribution in [0.4, 0.5) is 0 Å². The first kappa shape index (κ1) is 22.2. The van der Waals surface area contributed by atoms with Crippen molar-refractivity contribution >= 4 is 26.0 Å². The number of amides is 1. The van der Waals surface area contributed by atoms with E-state index in [1.165, 1.54) is 39.8 Å². The van der Waals surface area contributed by atoms with E-state index in [1.54, 1.807) is 0 Å². The summed E-state index contributed by atoms with van der Waals surface area (Å²) in [5.74, 6) is 0.165. The third-order valence-electron chi connectivity index (χ3n) is 5.28. The fourth-order valence-electron chi connectivity index (χ4n) is 3.51. The van der Waals surface area contributed by atoms with Crippen molar-refractivity contribution in [3.8, 4) is 0 Å². The van der Waals surface area contributed by atoms with Crippen LogP contribution in [0.3, 0.4) is 0 Å². The molecular weight excluding hydrogens is 418 g/mol. The highest BCUT2D eigenvalue weighted by atomic mass is 32.2. The Morgan fingerprint density at radius 3 is 1.83 bits per heavy atom. The monoisotopic (exact) mass is 445 g/mol. The molecule has 2 saturated heterocycles. The van der Waals surface area contributed by atoms with Crippen LogP contribution in [0.25, 0.3) is 0 Å². The smallest absolute Gasteiger partial charge is 0.243 e. The number of nitrogens with one attached hydrogen (secondary N) is 1. The third kappa shape index (κ3) is 5.15. The second-order valence-electron chi connectivity index (χ2n) is 7.27. The maximum atomic E-state index is 12.9. The molecule has 0 radical (unpaired) electrons. The van der Waals surface area contributed by atoms with Crippen molar-refractivity contribution in [3.05, 3.63) is 24.3 Å². The number of sulfonamides is 2. The van der Waals surface area contributed by atoms with Crippen LogP contribution in [0, 0.1) is 5.92 Å². The first-order chi connectivity index (χ1) is 13.7. The van der Waals surface area contributed by atoms with Gasteiger partial charge in [-0.05, 0) is 43.0 Å². The average Bonchev–Trinajstić information content (AvgIpc) is 2.73. The van der Waals surface area contributed by atoms with Crippen LogP contribution in [0.15, 0.2) is 34.1 Å². The molecule has 2 fully saturated rings. The Balaban J connectivity index is 1.67. The number of carbonyl (C=O) groups is 1. The van der Waals surface area contributed by atoms with Gasteiger partial charge in [-0.15, -0.1) is 0 Å². The molecule has 1 aromatic rings. The van der Waals surface area contributed by atoms with E-state index in [-0.39, 0.29) is 34.7 Å². The summed E-state index contributed by atoms with van der Waals surface area (Å²) in [5.41, 5.74) is 0. The number of nitrogens with zero attached hydrogens (tertiary/aromatic N) is 2. The topological polar surface area (TPSA) is 113 Å². The molecule has 1 aromatic carbocycles. The molecule has 9 nitrogen and oxygen atoms in total. The SMILES string of the molecule is CC(=O)NCC1CCN(S(=O)(=O)c2ccc(S(=O)(=O)N3CCOCC3)cc2)CC1. The van der Waals surface area contributed by atoms with Crippen LogP contribution in [0.5, 0.6) is 0 Å². The molecule has 0 bridgehead atoms. The molecule has 29 heavy (non-hydrogen) atoms. The molecule has 2 aliphatic rings. The Hall–Kier alpha value is -1.53. The lowest BCUT2D eigenvalue weighted by Gasteiger charge is -2.31. The number of piperidine rings is 1. The Bertz CT molecular complexity index is 917. The van der Waals surface area contributed by atoms with Gasteiger partial charge in [0.05, 0.1) is 23.0 Å². The molecule has 0 aliphatic carbocycles. The Labute approximate surface area is 172 Å². The first-order valence-electron chi connectivity index (χ1n) is 9.64. The van der Waals surface area contributed by atoms with Crippen molar-refractivity contribution in [3.63, 3.8) is 0 Å². The third-order valence-corrected chi connectivity index (χ3v) is 9.11. The van der Waals surface area contributed by atoms with Gasteiger partial charge in [0.15, 0.2) is 0 Å². The van der Waals surface area contributed by atoms with Crippen molar-refractivity contribution in [1.29, 1.82) is 0 Å². The van der Waals surface area contributed by atoms with Gasteiger partial charge in [0.25, 0.3) is 0 Å². The summed E-state index contributed by atoms with van der Waals surface area (Å²) < 4.78 is 59.1. The molecule has 0 aromatic heterocycles. The Morgan fingerprint density at radius 2 is 1.38 bits per heavy atom.